The first-order valence-corrected chi connectivity index (χ1v) is 7.06. The highest BCUT2D eigenvalue weighted by atomic mass is 79.9. The van der Waals surface area contributed by atoms with Crippen LogP contribution in [0.4, 0.5) is 0 Å². The number of hydrogen-bond acceptors (Lipinski definition) is 3. The molecule has 2 rings (SSSR count). The fourth-order valence-corrected chi connectivity index (χ4v) is 3.21. The van der Waals surface area contributed by atoms with Gasteiger partial charge >= 0.3 is 0 Å². The standard InChI is InChI=1S/C11H15BrN2OS.ClH/c1-13-5-8-2-3-14(6-8)11(15)9-4-10(12)16-7-9;/h4,7-8,13H,2-3,5-6H2,1H3;1H. The normalized spacial score (nSPS) is 19.2. The number of rotatable bonds is 3. The van der Waals surface area contributed by atoms with Crippen LogP contribution in [-0.2, 0) is 0 Å². The maximum absolute atomic E-state index is 12.1. The lowest BCUT2D eigenvalue weighted by Gasteiger charge is -2.15. The highest BCUT2D eigenvalue weighted by Crippen LogP contribution is 2.24. The van der Waals surface area contributed by atoms with Gasteiger partial charge in [0.25, 0.3) is 5.91 Å². The molecular formula is C11H16BrClN2OS. The smallest absolute Gasteiger partial charge is 0.254 e. The van der Waals surface area contributed by atoms with Gasteiger partial charge in [-0.2, -0.15) is 0 Å². The molecule has 1 aromatic rings. The van der Waals surface area contributed by atoms with Crippen LogP contribution in [0.25, 0.3) is 0 Å². The minimum atomic E-state index is 0. The van der Waals surface area contributed by atoms with E-state index < -0.39 is 0 Å². The van der Waals surface area contributed by atoms with Crippen LogP contribution in [0, 0.1) is 5.92 Å². The fourth-order valence-electron chi connectivity index (χ4n) is 2.08. The number of hydrogen-bond donors (Lipinski definition) is 1. The highest BCUT2D eigenvalue weighted by Gasteiger charge is 2.26. The van der Waals surface area contributed by atoms with Crippen LogP contribution in [0.2, 0.25) is 0 Å². The molecule has 1 unspecified atom stereocenters. The van der Waals surface area contributed by atoms with Gasteiger partial charge in [0.1, 0.15) is 0 Å². The van der Waals surface area contributed by atoms with E-state index in [1.165, 1.54) is 0 Å². The molecule has 0 aliphatic carbocycles. The third-order valence-electron chi connectivity index (χ3n) is 2.88. The Morgan fingerprint density at radius 3 is 3.06 bits per heavy atom. The first-order valence-electron chi connectivity index (χ1n) is 5.38. The van der Waals surface area contributed by atoms with Crippen molar-refractivity contribution in [3.63, 3.8) is 0 Å². The summed E-state index contributed by atoms with van der Waals surface area (Å²) in [7, 11) is 1.96. The summed E-state index contributed by atoms with van der Waals surface area (Å²) in [5.74, 6) is 0.775. The molecule has 1 amide bonds. The summed E-state index contributed by atoms with van der Waals surface area (Å²) in [4.78, 5) is 14.1. The molecular weight excluding hydrogens is 324 g/mol. The van der Waals surface area contributed by atoms with Crippen molar-refractivity contribution >= 4 is 45.6 Å². The van der Waals surface area contributed by atoms with Gasteiger partial charge in [-0.1, -0.05) is 0 Å². The van der Waals surface area contributed by atoms with E-state index in [4.69, 9.17) is 0 Å². The highest BCUT2D eigenvalue weighted by molar-refractivity contribution is 9.11. The van der Waals surface area contributed by atoms with Crippen LogP contribution >= 0.6 is 39.7 Å². The molecule has 2 heterocycles. The topological polar surface area (TPSA) is 32.3 Å². The molecule has 1 atom stereocenters. The minimum Gasteiger partial charge on any atom is -0.338 e. The number of likely N-dealkylation sites (tertiary alicyclic amines) is 1. The van der Waals surface area contributed by atoms with Gasteiger partial charge in [-0.25, -0.2) is 0 Å². The number of amides is 1. The van der Waals surface area contributed by atoms with Crippen LogP contribution in [-0.4, -0.2) is 37.5 Å². The van der Waals surface area contributed by atoms with E-state index in [1.807, 2.05) is 23.4 Å². The van der Waals surface area contributed by atoms with Crippen molar-refractivity contribution in [2.75, 3.05) is 26.7 Å². The molecule has 1 saturated heterocycles. The van der Waals surface area contributed by atoms with Gasteiger partial charge in [-0.15, -0.1) is 23.7 Å². The van der Waals surface area contributed by atoms with E-state index >= 15 is 0 Å². The Balaban J connectivity index is 0.00000144. The lowest BCUT2D eigenvalue weighted by Crippen LogP contribution is -2.30. The van der Waals surface area contributed by atoms with E-state index in [0.29, 0.717) is 5.92 Å². The zero-order valence-corrected chi connectivity index (χ0v) is 12.8. The Labute approximate surface area is 120 Å². The molecule has 17 heavy (non-hydrogen) atoms. The van der Waals surface area contributed by atoms with Crippen LogP contribution in [0.1, 0.15) is 16.8 Å². The molecule has 1 aliphatic heterocycles. The minimum absolute atomic E-state index is 0. The average molecular weight is 340 g/mol. The Morgan fingerprint density at radius 2 is 2.47 bits per heavy atom. The molecule has 0 radical (unpaired) electrons. The van der Waals surface area contributed by atoms with Gasteiger partial charge in [0.2, 0.25) is 0 Å². The number of nitrogens with zero attached hydrogens (tertiary/aromatic N) is 1. The van der Waals surface area contributed by atoms with Crippen LogP contribution in [0.3, 0.4) is 0 Å². The molecule has 1 aromatic heterocycles. The summed E-state index contributed by atoms with van der Waals surface area (Å²) in [6.45, 7) is 2.77. The summed E-state index contributed by atoms with van der Waals surface area (Å²) in [6, 6.07) is 1.90. The number of carbonyl (C=O) groups excluding carboxylic acids is 1. The molecule has 1 aliphatic rings. The van der Waals surface area contributed by atoms with Crippen molar-refractivity contribution < 1.29 is 4.79 Å². The predicted molar refractivity (Wildman–Crippen MR) is 77.2 cm³/mol. The summed E-state index contributed by atoms with van der Waals surface area (Å²) in [6.07, 6.45) is 1.11. The van der Waals surface area contributed by atoms with Crippen molar-refractivity contribution in [1.29, 1.82) is 0 Å². The second-order valence-corrected chi connectivity index (χ2v) is 6.39. The first kappa shape index (κ1) is 15.0. The summed E-state index contributed by atoms with van der Waals surface area (Å²) in [5.41, 5.74) is 0.807. The maximum Gasteiger partial charge on any atom is 0.254 e. The first-order chi connectivity index (χ1) is 7.70. The number of nitrogens with one attached hydrogen (secondary N) is 1. The maximum atomic E-state index is 12.1. The SMILES string of the molecule is CNCC1CCN(C(=O)c2csc(Br)c2)C1.Cl. The van der Waals surface area contributed by atoms with Crippen LogP contribution in [0.5, 0.6) is 0 Å². The average Bonchev–Trinajstić information content (AvgIpc) is 2.87. The van der Waals surface area contributed by atoms with Crippen LogP contribution in [0.15, 0.2) is 15.2 Å². The quantitative estimate of drug-likeness (QED) is 0.918. The Morgan fingerprint density at radius 1 is 1.71 bits per heavy atom. The molecule has 0 saturated carbocycles. The van der Waals surface area contributed by atoms with E-state index in [9.17, 15) is 4.79 Å². The predicted octanol–water partition coefficient (Wildman–Crippen LogP) is 2.61. The van der Waals surface area contributed by atoms with Gasteiger partial charge in [-0.3, -0.25) is 4.79 Å². The number of carbonyl (C=O) groups is 1. The Kier molecular flexibility index (Phi) is 5.92. The molecule has 0 spiro atoms. The number of thiophene rings is 1. The van der Waals surface area contributed by atoms with Crippen molar-refractivity contribution in [3.8, 4) is 0 Å². The van der Waals surface area contributed by atoms with Gasteiger partial charge in [0.05, 0.1) is 9.35 Å². The molecule has 1 fully saturated rings. The Hall–Kier alpha value is -0.100. The van der Waals surface area contributed by atoms with Crippen LogP contribution < -0.4 is 5.32 Å². The van der Waals surface area contributed by atoms with Gasteiger partial charge in [0, 0.05) is 18.5 Å². The fraction of sp³-hybridized carbons (Fsp3) is 0.545. The lowest BCUT2D eigenvalue weighted by atomic mass is 10.1. The Bertz CT molecular complexity index is 385. The second-order valence-electron chi connectivity index (χ2n) is 4.10. The molecule has 6 heteroatoms. The summed E-state index contributed by atoms with van der Waals surface area (Å²) in [5, 5.41) is 5.08. The summed E-state index contributed by atoms with van der Waals surface area (Å²) < 4.78 is 1.02. The number of halogens is 2. The van der Waals surface area contributed by atoms with Gasteiger partial charge in [0.15, 0.2) is 0 Å². The van der Waals surface area contributed by atoms with Crippen molar-refractivity contribution in [2.45, 2.75) is 6.42 Å². The van der Waals surface area contributed by atoms with Gasteiger partial charge in [-0.05, 0) is 47.9 Å². The van der Waals surface area contributed by atoms with E-state index in [1.54, 1.807) is 11.3 Å². The van der Waals surface area contributed by atoms with E-state index in [0.717, 1.165) is 35.4 Å². The van der Waals surface area contributed by atoms with E-state index in [2.05, 4.69) is 21.2 Å². The molecule has 3 nitrogen and oxygen atoms in total. The van der Waals surface area contributed by atoms with Crippen molar-refractivity contribution in [2.24, 2.45) is 5.92 Å². The van der Waals surface area contributed by atoms with E-state index in [-0.39, 0.29) is 18.3 Å². The third kappa shape index (κ3) is 3.68. The molecule has 96 valence electrons. The monoisotopic (exact) mass is 338 g/mol. The van der Waals surface area contributed by atoms with Crippen molar-refractivity contribution in [1.82, 2.24) is 10.2 Å². The molecule has 0 aromatic carbocycles. The lowest BCUT2D eigenvalue weighted by molar-refractivity contribution is 0.0787. The van der Waals surface area contributed by atoms with Gasteiger partial charge < -0.3 is 10.2 Å². The zero-order valence-electron chi connectivity index (χ0n) is 9.61. The summed E-state index contributed by atoms with van der Waals surface area (Å²) >= 11 is 4.94. The second kappa shape index (κ2) is 6.73. The zero-order chi connectivity index (χ0) is 11.5. The van der Waals surface area contributed by atoms with Crippen molar-refractivity contribution in [3.05, 3.63) is 20.8 Å². The molecule has 1 N–H and O–H groups in total. The third-order valence-corrected chi connectivity index (χ3v) is 4.38. The molecule has 0 bridgehead atoms. The largest absolute Gasteiger partial charge is 0.338 e.